The van der Waals surface area contributed by atoms with E-state index in [1.807, 2.05) is 5.48 Å². The maximum atomic E-state index is 11.6. The van der Waals surface area contributed by atoms with Gasteiger partial charge in [-0.05, 0) is 18.6 Å². The van der Waals surface area contributed by atoms with Crippen LogP contribution in [0.25, 0.3) is 0 Å². The van der Waals surface area contributed by atoms with Crippen molar-refractivity contribution in [3.63, 3.8) is 0 Å². The Morgan fingerprint density at radius 2 is 2.17 bits per heavy atom. The van der Waals surface area contributed by atoms with Crippen molar-refractivity contribution in [3.8, 4) is 0 Å². The first-order valence-corrected chi connectivity index (χ1v) is 4.87. The van der Waals surface area contributed by atoms with E-state index >= 15 is 0 Å². The number of benzene rings is 1. The van der Waals surface area contributed by atoms with Crippen molar-refractivity contribution in [1.82, 2.24) is 5.48 Å². The predicted octanol–water partition coefficient (Wildman–Crippen LogP) is 0.0499. The van der Waals surface area contributed by atoms with Crippen LogP contribution in [0.4, 0.5) is 5.69 Å². The molecule has 0 aliphatic heterocycles. The van der Waals surface area contributed by atoms with Gasteiger partial charge in [0.25, 0.3) is 11.6 Å². The maximum Gasteiger partial charge on any atom is 0.282 e. The Balaban J connectivity index is 2.87. The number of nitrogens with one attached hydrogen (secondary N) is 1. The van der Waals surface area contributed by atoms with Crippen molar-refractivity contribution in [2.24, 2.45) is 5.73 Å². The molecule has 0 unspecified atom stereocenters. The first kappa shape index (κ1) is 13.6. The van der Waals surface area contributed by atoms with Crippen LogP contribution in [0, 0.1) is 17.0 Å². The van der Waals surface area contributed by atoms with Gasteiger partial charge in [0.15, 0.2) is 6.61 Å². The summed E-state index contributed by atoms with van der Waals surface area (Å²) in [7, 11) is 0. The van der Waals surface area contributed by atoms with Crippen molar-refractivity contribution < 1.29 is 19.3 Å². The average Bonchev–Trinajstić information content (AvgIpc) is 2.27. The lowest BCUT2D eigenvalue weighted by Crippen LogP contribution is -2.29. The Labute approximate surface area is 102 Å². The highest BCUT2D eigenvalue weighted by atomic mass is 16.7. The van der Waals surface area contributed by atoms with Crippen molar-refractivity contribution in [2.45, 2.75) is 6.92 Å². The maximum absolute atomic E-state index is 11.6. The zero-order chi connectivity index (χ0) is 13.7. The lowest BCUT2D eigenvalue weighted by molar-refractivity contribution is -0.385. The number of rotatable bonds is 5. The summed E-state index contributed by atoms with van der Waals surface area (Å²) in [4.78, 5) is 36.5. The van der Waals surface area contributed by atoms with Crippen LogP contribution >= 0.6 is 0 Å². The smallest absolute Gasteiger partial charge is 0.282 e. The number of carbonyl (C=O) groups is 2. The zero-order valence-electron chi connectivity index (χ0n) is 9.50. The Morgan fingerprint density at radius 1 is 1.50 bits per heavy atom. The number of hydrogen-bond acceptors (Lipinski definition) is 5. The van der Waals surface area contributed by atoms with Gasteiger partial charge >= 0.3 is 0 Å². The fraction of sp³-hybridized carbons (Fsp3) is 0.200. The first-order chi connectivity index (χ1) is 8.41. The summed E-state index contributed by atoms with van der Waals surface area (Å²) < 4.78 is 0. The van der Waals surface area contributed by atoms with Gasteiger partial charge in [0, 0.05) is 6.07 Å². The van der Waals surface area contributed by atoms with E-state index in [4.69, 9.17) is 5.73 Å². The molecule has 8 heteroatoms. The number of primary amides is 1. The van der Waals surface area contributed by atoms with Crippen LogP contribution in [-0.4, -0.2) is 23.3 Å². The van der Waals surface area contributed by atoms with E-state index in [1.165, 1.54) is 18.2 Å². The largest absolute Gasteiger partial charge is 0.368 e. The molecule has 0 atom stereocenters. The van der Waals surface area contributed by atoms with Crippen LogP contribution in [0.2, 0.25) is 0 Å². The number of nitrogens with zero attached hydrogens (tertiary/aromatic N) is 1. The van der Waals surface area contributed by atoms with Crippen molar-refractivity contribution >= 4 is 17.5 Å². The Kier molecular flexibility index (Phi) is 4.33. The molecule has 0 aliphatic rings. The molecule has 3 N–H and O–H groups in total. The fourth-order valence-electron chi connectivity index (χ4n) is 1.22. The summed E-state index contributed by atoms with van der Waals surface area (Å²) in [5.41, 5.74) is 6.89. The van der Waals surface area contributed by atoms with Gasteiger partial charge in [0.1, 0.15) is 5.56 Å². The van der Waals surface area contributed by atoms with Crippen molar-refractivity contribution in [1.29, 1.82) is 0 Å². The summed E-state index contributed by atoms with van der Waals surface area (Å²) in [5.74, 6) is -1.58. The van der Waals surface area contributed by atoms with Gasteiger partial charge in [-0.3, -0.25) is 24.5 Å². The Hall–Kier alpha value is -2.48. The molecule has 0 saturated heterocycles. The molecular weight excluding hydrogens is 242 g/mol. The number of hydrogen-bond donors (Lipinski definition) is 2. The average molecular weight is 253 g/mol. The summed E-state index contributed by atoms with van der Waals surface area (Å²) in [5, 5.41) is 10.7. The van der Waals surface area contributed by atoms with Crippen LogP contribution in [0.1, 0.15) is 15.9 Å². The number of nitrogens with two attached hydrogens (primary N) is 1. The van der Waals surface area contributed by atoms with Gasteiger partial charge in [-0.2, -0.15) is 0 Å². The van der Waals surface area contributed by atoms with Gasteiger partial charge in [-0.15, -0.1) is 0 Å². The van der Waals surface area contributed by atoms with E-state index in [2.05, 4.69) is 4.84 Å². The van der Waals surface area contributed by atoms with Gasteiger partial charge in [0.05, 0.1) is 4.92 Å². The molecule has 1 aromatic carbocycles. The molecule has 0 saturated carbocycles. The molecule has 96 valence electrons. The van der Waals surface area contributed by atoms with Gasteiger partial charge in [0.2, 0.25) is 5.91 Å². The van der Waals surface area contributed by atoms with E-state index in [-0.39, 0.29) is 11.3 Å². The number of aryl methyl sites for hydroxylation is 1. The highest BCUT2D eigenvalue weighted by Crippen LogP contribution is 2.19. The van der Waals surface area contributed by atoms with E-state index in [1.54, 1.807) is 6.92 Å². The highest BCUT2D eigenvalue weighted by Gasteiger charge is 2.20. The molecule has 0 aliphatic carbocycles. The lowest BCUT2D eigenvalue weighted by Gasteiger charge is -2.05. The molecule has 0 fully saturated rings. The summed E-state index contributed by atoms with van der Waals surface area (Å²) in [6.07, 6.45) is 0. The van der Waals surface area contributed by atoms with Crippen LogP contribution in [0.3, 0.4) is 0 Å². The van der Waals surface area contributed by atoms with Gasteiger partial charge in [-0.25, -0.2) is 5.48 Å². The van der Waals surface area contributed by atoms with Gasteiger partial charge in [-0.1, -0.05) is 6.07 Å². The second-order valence-electron chi connectivity index (χ2n) is 3.46. The molecule has 1 aromatic rings. The van der Waals surface area contributed by atoms with Crippen molar-refractivity contribution in [2.75, 3.05) is 6.61 Å². The third kappa shape index (κ3) is 3.52. The quantitative estimate of drug-likeness (QED) is 0.566. The summed E-state index contributed by atoms with van der Waals surface area (Å²) >= 11 is 0. The molecule has 0 aromatic heterocycles. The highest BCUT2D eigenvalue weighted by molar-refractivity contribution is 5.97. The minimum Gasteiger partial charge on any atom is -0.368 e. The van der Waals surface area contributed by atoms with Crippen LogP contribution in [0.5, 0.6) is 0 Å². The number of hydroxylamine groups is 1. The molecule has 0 spiro atoms. The molecule has 18 heavy (non-hydrogen) atoms. The van der Waals surface area contributed by atoms with E-state index < -0.39 is 23.3 Å². The molecule has 8 nitrogen and oxygen atoms in total. The second kappa shape index (κ2) is 5.73. The van der Waals surface area contributed by atoms with Gasteiger partial charge < -0.3 is 5.73 Å². The Morgan fingerprint density at radius 3 is 2.72 bits per heavy atom. The number of nitro benzene ring substituents is 1. The van der Waals surface area contributed by atoms with E-state index in [9.17, 15) is 19.7 Å². The number of carbonyl (C=O) groups excluding carboxylic acids is 2. The third-order valence-corrected chi connectivity index (χ3v) is 1.97. The Bertz CT molecular complexity index is 500. The third-order valence-electron chi connectivity index (χ3n) is 1.97. The molecule has 2 amide bonds. The molecule has 0 bridgehead atoms. The van der Waals surface area contributed by atoms with Crippen LogP contribution < -0.4 is 11.2 Å². The minimum absolute atomic E-state index is 0.149. The van der Waals surface area contributed by atoms with Crippen LogP contribution in [0.15, 0.2) is 18.2 Å². The zero-order valence-corrected chi connectivity index (χ0v) is 9.50. The normalized spacial score (nSPS) is 9.83. The summed E-state index contributed by atoms with van der Waals surface area (Å²) in [6.45, 7) is 1.18. The topological polar surface area (TPSA) is 125 Å². The lowest BCUT2D eigenvalue weighted by atomic mass is 10.1. The van der Waals surface area contributed by atoms with E-state index in [0.29, 0.717) is 5.56 Å². The number of amides is 2. The van der Waals surface area contributed by atoms with Crippen molar-refractivity contribution in [3.05, 3.63) is 39.4 Å². The molecule has 1 rings (SSSR count). The number of nitro groups is 1. The second-order valence-corrected chi connectivity index (χ2v) is 3.46. The SMILES string of the molecule is Cc1ccc([N+](=O)[O-])c(C(=O)NOCC(N)=O)c1. The molecule has 0 heterocycles. The van der Waals surface area contributed by atoms with Crippen LogP contribution in [-0.2, 0) is 9.63 Å². The minimum atomic E-state index is -0.813. The standard InChI is InChI=1S/C10H11N3O5/c1-6-2-3-8(13(16)17)7(4-6)10(15)12-18-5-9(11)14/h2-4H,5H2,1H3,(H2,11,14)(H,12,15). The monoisotopic (exact) mass is 253 g/mol. The molecule has 0 radical (unpaired) electrons. The summed E-state index contributed by atoms with van der Waals surface area (Å²) in [6, 6.07) is 4.08. The molecular formula is C10H11N3O5. The fourth-order valence-corrected chi connectivity index (χ4v) is 1.22. The predicted molar refractivity (Wildman–Crippen MR) is 60.4 cm³/mol. The van der Waals surface area contributed by atoms with E-state index in [0.717, 1.165) is 0 Å². The first-order valence-electron chi connectivity index (χ1n) is 4.87.